The normalized spacial score (nSPS) is 16.1. The molecule has 0 bridgehead atoms. The predicted molar refractivity (Wildman–Crippen MR) is 104 cm³/mol. The maximum absolute atomic E-state index is 4.73. The van der Waals surface area contributed by atoms with Crippen LogP contribution in [0.1, 0.15) is 24.2 Å². The Hall–Kier alpha value is -2.47. The number of hydrogen-bond acceptors (Lipinski definition) is 5. The van der Waals surface area contributed by atoms with Crippen molar-refractivity contribution in [2.45, 2.75) is 26.2 Å². The lowest BCUT2D eigenvalue weighted by atomic mass is 10.1. The molecule has 1 aliphatic heterocycles. The Morgan fingerprint density at radius 2 is 1.81 bits per heavy atom. The fourth-order valence-electron chi connectivity index (χ4n) is 3.63. The lowest BCUT2D eigenvalue weighted by Gasteiger charge is -2.22. The molecule has 3 aromatic rings. The van der Waals surface area contributed by atoms with Crippen LogP contribution >= 0.6 is 0 Å². The first-order valence-corrected chi connectivity index (χ1v) is 9.50. The fourth-order valence-corrected chi connectivity index (χ4v) is 3.63. The van der Waals surface area contributed by atoms with E-state index < -0.39 is 0 Å². The first-order valence-electron chi connectivity index (χ1n) is 9.50. The summed E-state index contributed by atoms with van der Waals surface area (Å²) in [5.41, 5.74) is 2.24. The molecule has 0 radical (unpaired) electrons. The first-order chi connectivity index (χ1) is 12.8. The van der Waals surface area contributed by atoms with E-state index in [1.165, 1.54) is 31.5 Å². The van der Waals surface area contributed by atoms with Crippen molar-refractivity contribution >= 4 is 11.5 Å². The van der Waals surface area contributed by atoms with E-state index in [4.69, 9.17) is 5.10 Å². The molecule has 0 spiro atoms. The number of aryl methyl sites for hydroxylation is 2. The van der Waals surface area contributed by atoms with Gasteiger partial charge in [0.2, 0.25) is 0 Å². The number of anilines is 1. The second-order valence-corrected chi connectivity index (χ2v) is 6.98. The SMILES string of the molecule is Cc1nnc2ccc(N3CCCN(CCCc4ccccc4)CC3)nn12. The van der Waals surface area contributed by atoms with Gasteiger partial charge in [0.25, 0.3) is 0 Å². The molecule has 26 heavy (non-hydrogen) atoms. The third-order valence-electron chi connectivity index (χ3n) is 5.10. The first kappa shape index (κ1) is 17.0. The minimum absolute atomic E-state index is 0.809. The zero-order valence-corrected chi connectivity index (χ0v) is 15.4. The Kier molecular flexibility index (Phi) is 5.11. The van der Waals surface area contributed by atoms with Crippen LogP contribution in [0.15, 0.2) is 42.5 Å². The molecule has 136 valence electrons. The molecule has 3 heterocycles. The Balaban J connectivity index is 1.33. The van der Waals surface area contributed by atoms with Gasteiger partial charge in [0, 0.05) is 19.6 Å². The average molecular weight is 350 g/mol. The minimum Gasteiger partial charge on any atom is -0.354 e. The van der Waals surface area contributed by atoms with Crippen LogP contribution in [-0.2, 0) is 6.42 Å². The third kappa shape index (κ3) is 3.85. The van der Waals surface area contributed by atoms with E-state index in [0.29, 0.717) is 0 Å². The summed E-state index contributed by atoms with van der Waals surface area (Å²) in [6, 6.07) is 14.8. The molecule has 1 aliphatic rings. The van der Waals surface area contributed by atoms with Gasteiger partial charge in [0.1, 0.15) is 5.82 Å². The largest absolute Gasteiger partial charge is 0.354 e. The number of aromatic nitrogens is 4. The molecule has 0 aliphatic carbocycles. The molecule has 6 nitrogen and oxygen atoms in total. The van der Waals surface area contributed by atoms with Crippen molar-refractivity contribution in [1.82, 2.24) is 24.7 Å². The van der Waals surface area contributed by atoms with Gasteiger partial charge in [-0.2, -0.15) is 4.52 Å². The zero-order chi connectivity index (χ0) is 17.8. The molecular formula is C20H26N6. The second-order valence-electron chi connectivity index (χ2n) is 6.98. The summed E-state index contributed by atoms with van der Waals surface area (Å²) in [6.07, 6.45) is 3.55. The highest BCUT2D eigenvalue weighted by atomic mass is 15.4. The van der Waals surface area contributed by atoms with Crippen LogP contribution in [0.3, 0.4) is 0 Å². The van der Waals surface area contributed by atoms with Gasteiger partial charge in [-0.05, 0) is 57.0 Å². The number of rotatable bonds is 5. The molecule has 0 amide bonds. The number of fused-ring (bicyclic) bond motifs is 1. The van der Waals surface area contributed by atoms with Crippen molar-refractivity contribution < 1.29 is 0 Å². The fraction of sp³-hybridized carbons (Fsp3) is 0.450. The number of benzene rings is 1. The van der Waals surface area contributed by atoms with E-state index in [0.717, 1.165) is 43.3 Å². The van der Waals surface area contributed by atoms with Gasteiger partial charge in [-0.25, -0.2) is 0 Å². The van der Waals surface area contributed by atoms with E-state index in [1.54, 1.807) is 0 Å². The van der Waals surface area contributed by atoms with Crippen LogP contribution in [-0.4, -0.2) is 57.4 Å². The van der Waals surface area contributed by atoms with Crippen LogP contribution in [0.4, 0.5) is 5.82 Å². The molecule has 0 saturated carbocycles. The van der Waals surface area contributed by atoms with E-state index in [9.17, 15) is 0 Å². The average Bonchev–Trinajstić information content (AvgIpc) is 2.89. The molecule has 1 fully saturated rings. The van der Waals surface area contributed by atoms with Crippen LogP contribution in [0.5, 0.6) is 0 Å². The van der Waals surface area contributed by atoms with Crippen molar-refractivity contribution in [3.63, 3.8) is 0 Å². The highest BCUT2D eigenvalue weighted by molar-refractivity contribution is 5.45. The summed E-state index contributed by atoms with van der Waals surface area (Å²) in [4.78, 5) is 4.97. The third-order valence-corrected chi connectivity index (χ3v) is 5.10. The Labute approximate surface area is 154 Å². The van der Waals surface area contributed by atoms with Gasteiger partial charge >= 0.3 is 0 Å². The zero-order valence-electron chi connectivity index (χ0n) is 15.4. The summed E-state index contributed by atoms with van der Waals surface area (Å²) in [6.45, 7) is 7.43. The summed E-state index contributed by atoms with van der Waals surface area (Å²) < 4.78 is 1.83. The summed E-state index contributed by atoms with van der Waals surface area (Å²) in [7, 11) is 0. The van der Waals surface area contributed by atoms with E-state index in [1.807, 2.05) is 17.5 Å². The Morgan fingerprint density at radius 3 is 2.69 bits per heavy atom. The quantitative estimate of drug-likeness (QED) is 0.708. The van der Waals surface area contributed by atoms with Crippen LogP contribution in [0, 0.1) is 6.92 Å². The van der Waals surface area contributed by atoms with Crippen molar-refractivity contribution in [3.05, 3.63) is 53.9 Å². The number of hydrogen-bond donors (Lipinski definition) is 0. The van der Waals surface area contributed by atoms with Gasteiger partial charge in [-0.3, -0.25) is 0 Å². The van der Waals surface area contributed by atoms with Gasteiger partial charge in [0.15, 0.2) is 11.5 Å². The lowest BCUT2D eigenvalue weighted by molar-refractivity contribution is 0.290. The lowest BCUT2D eigenvalue weighted by Crippen LogP contribution is -2.32. The summed E-state index contributed by atoms with van der Waals surface area (Å²) >= 11 is 0. The van der Waals surface area contributed by atoms with E-state index in [-0.39, 0.29) is 0 Å². The van der Waals surface area contributed by atoms with Crippen LogP contribution in [0.25, 0.3) is 5.65 Å². The summed E-state index contributed by atoms with van der Waals surface area (Å²) in [5.74, 6) is 1.85. The van der Waals surface area contributed by atoms with Gasteiger partial charge in [-0.15, -0.1) is 15.3 Å². The van der Waals surface area contributed by atoms with E-state index >= 15 is 0 Å². The maximum atomic E-state index is 4.73. The summed E-state index contributed by atoms with van der Waals surface area (Å²) in [5, 5.41) is 12.9. The van der Waals surface area contributed by atoms with Crippen LogP contribution in [0.2, 0.25) is 0 Å². The minimum atomic E-state index is 0.809. The highest BCUT2D eigenvalue weighted by Crippen LogP contribution is 2.15. The second kappa shape index (κ2) is 7.83. The molecule has 1 aromatic carbocycles. The molecule has 0 unspecified atom stereocenters. The van der Waals surface area contributed by atoms with Crippen molar-refractivity contribution in [1.29, 1.82) is 0 Å². The molecule has 1 saturated heterocycles. The van der Waals surface area contributed by atoms with Gasteiger partial charge in [-0.1, -0.05) is 30.3 Å². The van der Waals surface area contributed by atoms with Crippen molar-refractivity contribution in [3.8, 4) is 0 Å². The highest BCUT2D eigenvalue weighted by Gasteiger charge is 2.16. The van der Waals surface area contributed by atoms with Gasteiger partial charge < -0.3 is 9.80 Å². The maximum Gasteiger partial charge on any atom is 0.178 e. The molecule has 0 N–H and O–H groups in total. The molecule has 2 aromatic heterocycles. The molecular weight excluding hydrogens is 324 g/mol. The topological polar surface area (TPSA) is 49.6 Å². The Morgan fingerprint density at radius 1 is 0.923 bits per heavy atom. The molecule has 6 heteroatoms. The number of nitrogens with zero attached hydrogens (tertiary/aromatic N) is 6. The monoisotopic (exact) mass is 350 g/mol. The predicted octanol–water partition coefficient (Wildman–Crippen LogP) is 2.58. The van der Waals surface area contributed by atoms with Crippen LogP contribution < -0.4 is 4.90 Å². The smallest absolute Gasteiger partial charge is 0.178 e. The standard InChI is InChI=1S/C20H26N6/c1-17-21-22-19-10-11-20(23-26(17)19)25-14-6-13-24(15-16-25)12-5-9-18-7-3-2-4-8-18/h2-4,7-8,10-11H,5-6,9,12-16H2,1H3. The van der Waals surface area contributed by atoms with Gasteiger partial charge in [0.05, 0.1) is 0 Å². The molecule has 4 rings (SSSR count). The van der Waals surface area contributed by atoms with Crippen molar-refractivity contribution in [2.75, 3.05) is 37.6 Å². The van der Waals surface area contributed by atoms with Crippen molar-refractivity contribution in [2.24, 2.45) is 0 Å². The molecule has 0 atom stereocenters. The van der Waals surface area contributed by atoms with E-state index in [2.05, 4.69) is 56.4 Å². The Bertz CT molecular complexity index is 844.